The van der Waals surface area contributed by atoms with Gasteiger partial charge in [0.25, 0.3) is 0 Å². The third-order valence-corrected chi connectivity index (χ3v) is 6.45. The molecule has 0 aromatic carbocycles. The van der Waals surface area contributed by atoms with Gasteiger partial charge >= 0.3 is 6.03 Å². The number of carbonyl (C=O) groups is 1. The van der Waals surface area contributed by atoms with E-state index in [1.165, 1.54) is 7.11 Å². The van der Waals surface area contributed by atoms with Crippen LogP contribution in [0.3, 0.4) is 0 Å². The number of hydrogen-bond acceptors (Lipinski definition) is 6. The highest BCUT2D eigenvalue weighted by Crippen LogP contribution is 2.28. The number of piperidine rings is 1. The highest BCUT2D eigenvalue weighted by Gasteiger charge is 2.39. The smallest absolute Gasteiger partial charge is 0.317 e. The van der Waals surface area contributed by atoms with E-state index in [-0.39, 0.29) is 23.5 Å². The molecule has 2 saturated heterocycles. The first-order valence-electron chi connectivity index (χ1n) is 8.10. The molecule has 2 aliphatic heterocycles. The SMILES string of the molecule is COC1CS(=O)(=O)CC1NC(=O)N1CCC(c2cc(C)no2)CC1. The summed E-state index contributed by atoms with van der Waals surface area (Å²) in [6.45, 7) is 3.10. The number of urea groups is 1. The van der Waals surface area contributed by atoms with Crippen molar-refractivity contribution in [3.05, 3.63) is 17.5 Å². The molecule has 1 aromatic heterocycles. The van der Waals surface area contributed by atoms with Gasteiger partial charge in [0.05, 0.1) is 29.3 Å². The van der Waals surface area contributed by atoms with E-state index in [1.54, 1.807) is 4.90 Å². The zero-order valence-corrected chi connectivity index (χ0v) is 14.7. The van der Waals surface area contributed by atoms with Gasteiger partial charge in [0, 0.05) is 32.2 Å². The number of hydrogen-bond donors (Lipinski definition) is 1. The highest BCUT2D eigenvalue weighted by molar-refractivity contribution is 7.91. The summed E-state index contributed by atoms with van der Waals surface area (Å²) in [6, 6.07) is 1.22. The Morgan fingerprint density at radius 2 is 2.08 bits per heavy atom. The van der Waals surface area contributed by atoms with E-state index in [4.69, 9.17) is 9.26 Å². The van der Waals surface area contributed by atoms with Crippen molar-refractivity contribution in [2.75, 3.05) is 31.7 Å². The molecular formula is C15H23N3O5S. The second-order valence-corrected chi connectivity index (χ2v) is 8.69. The van der Waals surface area contributed by atoms with Gasteiger partial charge in [-0.3, -0.25) is 0 Å². The van der Waals surface area contributed by atoms with Crippen LogP contribution in [-0.4, -0.2) is 68.4 Å². The third kappa shape index (κ3) is 3.72. The van der Waals surface area contributed by atoms with Gasteiger partial charge in [0.2, 0.25) is 0 Å². The van der Waals surface area contributed by atoms with E-state index in [1.807, 2.05) is 13.0 Å². The van der Waals surface area contributed by atoms with E-state index in [9.17, 15) is 13.2 Å². The van der Waals surface area contributed by atoms with Crippen molar-refractivity contribution >= 4 is 15.9 Å². The number of ether oxygens (including phenoxy) is 1. The summed E-state index contributed by atoms with van der Waals surface area (Å²) in [7, 11) is -1.69. The summed E-state index contributed by atoms with van der Waals surface area (Å²) in [5.74, 6) is 1.04. The molecule has 2 unspecified atom stereocenters. The number of nitrogens with one attached hydrogen (secondary N) is 1. The topological polar surface area (TPSA) is 102 Å². The summed E-state index contributed by atoms with van der Waals surface area (Å²) >= 11 is 0. The summed E-state index contributed by atoms with van der Waals surface area (Å²) in [5, 5.41) is 6.72. The summed E-state index contributed by atoms with van der Waals surface area (Å²) in [4.78, 5) is 14.1. The molecule has 0 bridgehead atoms. The van der Waals surface area contributed by atoms with Crippen LogP contribution in [0.1, 0.15) is 30.2 Å². The number of amides is 2. The number of rotatable bonds is 3. The van der Waals surface area contributed by atoms with E-state index >= 15 is 0 Å². The molecule has 0 saturated carbocycles. The minimum Gasteiger partial charge on any atom is -0.378 e. The van der Waals surface area contributed by atoms with E-state index in [0.717, 1.165) is 24.3 Å². The normalized spacial score (nSPS) is 27.3. The van der Waals surface area contributed by atoms with Crippen LogP contribution in [0.15, 0.2) is 10.6 Å². The maximum Gasteiger partial charge on any atom is 0.317 e. The Kier molecular flexibility index (Phi) is 4.82. The summed E-state index contributed by atoms with van der Waals surface area (Å²) in [6.07, 6.45) is 1.13. The van der Waals surface area contributed by atoms with Gasteiger partial charge < -0.3 is 19.5 Å². The number of aromatic nitrogens is 1. The Morgan fingerprint density at radius 1 is 1.38 bits per heavy atom. The third-order valence-electron chi connectivity index (χ3n) is 4.74. The predicted molar refractivity (Wildman–Crippen MR) is 86.6 cm³/mol. The van der Waals surface area contributed by atoms with Gasteiger partial charge in [-0.2, -0.15) is 0 Å². The molecule has 2 amide bonds. The standard InChI is InChI=1S/C15H23N3O5S/c1-10-7-13(23-17-10)11-3-5-18(6-4-11)15(19)16-12-8-24(20,21)9-14(12)22-2/h7,11-12,14H,3-6,8-9H2,1-2H3,(H,16,19). The van der Waals surface area contributed by atoms with Crippen LogP contribution in [0.4, 0.5) is 4.79 Å². The lowest BCUT2D eigenvalue weighted by Crippen LogP contribution is -2.51. The Hall–Kier alpha value is -1.61. The van der Waals surface area contributed by atoms with Gasteiger partial charge in [0.15, 0.2) is 9.84 Å². The molecule has 2 aliphatic rings. The van der Waals surface area contributed by atoms with Crippen molar-refractivity contribution in [1.29, 1.82) is 0 Å². The van der Waals surface area contributed by atoms with Gasteiger partial charge in [-0.05, 0) is 19.8 Å². The van der Waals surface area contributed by atoms with Crippen LogP contribution in [0.5, 0.6) is 0 Å². The zero-order valence-electron chi connectivity index (χ0n) is 13.9. The van der Waals surface area contributed by atoms with Crippen molar-refractivity contribution in [3.8, 4) is 0 Å². The zero-order chi connectivity index (χ0) is 17.3. The first-order chi connectivity index (χ1) is 11.4. The Morgan fingerprint density at radius 3 is 2.67 bits per heavy atom. The van der Waals surface area contributed by atoms with Crippen LogP contribution < -0.4 is 5.32 Å². The molecule has 9 heteroatoms. The second kappa shape index (κ2) is 6.72. The average molecular weight is 357 g/mol. The molecule has 134 valence electrons. The fourth-order valence-corrected chi connectivity index (χ4v) is 5.23. The first-order valence-corrected chi connectivity index (χ1v) is 9.92. The van der Waals surface area contributed by atoms with Gasteiger partial charge in [-0.1, -0.05) is 5.16 Å². The fourth-order valence-electron chi connectivity index (χ4n) is 3.37. The Balaban J connectivity index is 1.54. The van der Waals surface area contributed by atoms with Crippen LogP contribution in [0.25, 0.3) is 0 Å². The molecule has 2 atom stereocenters. The number of sulfone groups is 1. The summed E-state index contributed by atoms with van der Waals surface area (Å²) in [5.41, 5.74) is 0.859. The number of carbonyl (C=O) groups excluding carboxylic acids is 1. The van der Waals surface area contributed by atoms with Gasteiger partial charge in [-0.15, -0.1) is 0 Å². The van der Waals surface area contributed by atoms with Gasteiger partial charge in [0.1, 0.15) is 5.76 Å². The molecule has 8 nitrogen and oxygen atoms in total. The van der Waals surface area contributed by atoms with Crippen LogP contribution in [-0.2, 0) is 14.6 Å². The van der Waals surface area contributed by atoms with E-state index in [2.05, 4.69) is 10.5 Å². The molecule has 0 radical (unpaired) electrons. The van der Waals surface area contributed by atoms with E-state index in [0.29, 0.717) is 13.1 Å². The Labute approximate surface area is 141 Å². The first kappa shape index (κ1) is 17.2. The molecule has 1 aromatic rings. The second-order valence-electron chi connectivity index (χ2n) is 6.54. The van der Waals surface area contributed by atoms with Crippen molar-refractivity contribution < 1.29 is 22.5 Å². The molecular weight excluding hydrogens is 334 g/mol. The number of aryl methyl sites for hydroxylation is 1. The minimum atomic E-state index is -3.15. The minimum absolute atomic E-state index is 0.0403. The molecule has 0 aliphatic carbocycles. The quantitative estimate of drug-likeness (QED) is 0.854. The Bertz CT molecular complexity index is 694. The lowest BCUT2D eigenvalue weighted by Gasteiger charge is -2.32. The maximum atomic E-state index is 12.4. The molecule has 2 fully saturated rings. The van der Waals surface area contributed by atoms with Crippen molar-refractivity contribution in [3.63, 3.8) is 0 Å². The summed E-state index contributed by atoms with van der Waals surface area (Å²) < 4.78 is 33.9. The average Bonchev–Trinajstić information content (AvgIpc) is 3.10. The van der Waals surface area contributed by atoms with Gasteiger partial charge in [-0.25, -0.2) is 13.2 Å². The van der Waals surface area contributed by atoms with Crippen LogP contribution in [0.2, 0.25) is 0 Å². The maximum absolute atomic E-state index is 12.4. The van der Waals surface area contributed by atoms with Crippen LogP contribution >= 0.6 is 0 Å². The van der Waals surface area contributed by atoms with Crippen molar-refractivity contribution in [2.45, 2.75) is 37.8 Å². The van der Waals surface area contributed by atoms with Crippen molar-refractivity contribution in [2.24, 2.45) is 0 Å². The molecule has 24 heavy (non-hydrogen) atoms. The molecule has 3 rings (SSSR count). The fraction of sp³-hybridized carbons (Fsp3) is 0.733. The van der Waals surface area contributed by atoms with E-state index < -0.39 is 22.0 Å². The molecule has 0 spiro atoms. The molecule has 3 heterocycles. The van der Waals surface area contributed by atoms with Crippen LogP contribution in [0, 0.1) is 6.92 Å². The lowest BCUT2D eigenvalue weighted by molar-refractivity contribution is 0.0964. The monoisotopic (exact) mass is 357 g/mol. The lowest BCUT2D eigenvalue weighted by atomic mass is 9.94. The highest BCUT2D eigenvalue weighted by atomic mass is 32.2. The van der Waals surface area contributed by atoms with Crippen molar-refractivity contribution in [1.82, 2.24) is 15.4 Å². The predicted octanol–water partition coefficient (Wildman–Crippen LogP) is 0.684. The number of likely N-dealkylation sites (tertiary alicyclic amines) is 1. The number of nitrogens with zero attached hydrogens (tertiary/aromatic N) is 2. The largest absolute Gasteiger partial charge is 0.378 e. The number of methoxy groups -OCH3 is 1. The molecule has 1 N–H and O–H groups in total.